The fourth-order valence-corrected chi connectivity index (χ4v) is 7.17. The Morgan fingerprint density at radius 2 is 1.98 bits per heavy atom. The Labute approximate surface area is 264 Å². The molecule has 0 aromatic heterocycles. The fourth-order valence-electron chi connectivity index (χ4n) is 6.89. The molecule has 4 rings (SSSR count). The molecule has 0 radical (unpaired) electrons. The Morgan fingerprint density at radius 3 is 2.55 bits per heavy atom. The molecule has 2 saturated carbocycles. The van der Waals surface area contributed by atoms with Gasteiger partial charge in [0.25, 0.3) is 0 Å². The fraction of sp³-hybridized carbons (Fsp3) is 0.656. The Hall–Kier alpha value is -3.05. The van der Waals surface area contributed by atoms with Crippen LogP contribution in [-0.4, -0.2) is 88.1 Å². The molecule has 0 aromatic rings. The summed E-state index contributed by atoms with van der Waals surface area (Å²) in [4.78, 5) is 43.1. The minimum Gasteiger partial charge on any atom is -0.487 e. The van der Waals surface area contributed by atoms with E-state index in [1.807, 2.05) is 0 Å². The lowest BCUT2D eigenvalue weighted by Gasteiger charge is -2.45. The van der Waals surface area contributed by atoms with Gasteiger partial charge in [0.05, 0.1) is 28.8 Å². The zero-order valence-corrected chi connectivity index (χ0v) is 26.7. The number of nitrogens with zero attached hydrogens (tertiary/aromatic N) is 3. The standard InChI is InChI=1S/C32H47ClFN5O5/c1-4-8-26(44-19-24(35)29(20(2)34)39(36)22-11-12-22)28-21(17-33)13-16-38(25(28)18-37-15-7-10-27(37)40)30(41)23-9-5-6-14-32(23,3)31(42)43/h4,8,20,22-23,25H,1,5-7,9-19,35-36H2,2-3H3,(H,42,43)/b26-8+,29-24-/t20?,23?,25?,32-/m0/s1. The number of amides is 2. The van der Waals surface area contributed by atoms with Crippen LogP contribution < -0.4 is 11.6 Å². The molecule has 12 heteroatoms. The number of alkyl halides is 2. The van der Waals surface area contributed by atoms with E-state index in [4.69, 9.17) is 27.9 Å². The van der Waals surface area contributed by atoms with Crippen molar-refractivity contribution >= 4 is 29.4 Å². The van der Waals surface area contributed by atoms with Crippen molar-refractivity contribution < 1.29 is 28.6 Å². The van der Waals surface area contributed by atoms with Crippen LogP contribution in [0.5, 0.6) is 0 Å². The summed E-state index contributed by atoms with van der Waals surface area (Å²) in [5.41, 5.74) is 6.97. The minimum atomic E-state index is -1.41. The van der Waals surface area contributed by atoms with Crippen LogP contribution in [-0.2, 0) is 19.1 Å². The van der Waals surface area contributed by atoms with Gasteiger partial charge in [-0.1, -0.05) is 25.5 Å². The van der Waals surface area contributed by atoms with Gasteiger partial charge in [0, 0.05) is 43.6 Å². The van der Waals surface area contributed by atoms with Crippen LogP contribution in [0.4, 0.5) is 4.39 Å². The van der Waals surface area contributed by atoms with Gasteiger partial charge in [-0.15, -0.1) is 11.6 Å². The van der Waals surface area contributed by atoms with Crippen molar-refractivity contribution in [2.75, 3.05) is 32.1 Å². The van der Waals surface area contributed by atoms with Crippen molar-refractivity contribution in [3.8, 4) is 0 Å². The maximum absolute atomic E-state index is 14.7. The number of halogens is 2. The first-order valence-electron chi connectivity index (χ1n) is 15.7. The van der Waals surface area contributed by atoms with E-state index in [0.717, 1.165) is 31.3 Å². The second-order valence-corrected chi connectivity index (χ2v) is 12.9. The maximum Gasteiger partial charge on any atom is 0.310 e. The highest BCUT2D eigenvalue weighted by Crippen LogP contribution is 2.44. The summed E-state index contributed by atoms with van der Waals surface area (Å²) in [6, 6.07) is -0.604. The Balaban J connectivity index is 1.72. The molecular weight excluding hydrogens is 589 g/mol. The zero-order valence-electron chi connectivity index (χ0n) is 25.9. The van der Waals surface area contributed by atoms with Crippen LogP contribution in [0.2, 0.25) is 0 Å². The molecule has 0 spiro atoms. The van der Waals surface area contributed by atoms with Gasteiger partial charge in [0.15, 0.2) is 0 Å². The number of hydrogen-bond donors (Lipinski definition) is 3. The predicted octanol–water partition coefficient (Wildman–Crippen LogP) is 3.98. The van der Waals surface area contributed by atoms with E-state index in [0.29, 0.717) is 56.5 Å². The number of carboxylic acid groups (broad SMARTS) is 1. The summed E-state index contributed by atoms with van der Waals surface area (Å²) in [7, 11) is 0. The van der Waals surface area contributed by atoms with Gasteiger partial charge in [-0.25, -0.2) is 10.2 Å². The third-order valence-corrected chi connectivity index (χ3v) is 9.91. The number of allylic oxidation sites excluding steroid dienone is 3. The number of carboxylic acids is 1. The van der Waals surface area contributed by atoms with E-state index in [-0.39, 0.29) is 48.3 Å². The summed E-state index contributed by atoms with van der Waals surface area (Å²) < 4.78 is 20.9. The summed E-state index contributed by atoms with van der Waals surface area (Å²) in [6.45, 7) is 7.81. The molecule has 4 atom stereocenters. The van der Waals surface area contributed by atoms with Crippen molar-refractivity contribution in [2.24, 2.45) is 22.9 Å². The molecule has 0 aromatic carbocycles. The molecule has 2 aliphatic carbocycles. The minimum absolute atomic E-state index is 0.00479. The smallest absolute Gasteiger partial charge is 0.310 e. The average Bonchev–Trinajstić information content (AvgIpc) is 3.77. The number of likely N-dealkylation sites (tertiary alicyclic amines) is 1. The topological polar surface area (TPSA) is 142 Å². The molecule has 3 fully saturated rings. The van der Waals surface area contributed by atoms with E-state index >= 15 is 0 Å². The molecule has 3 unspecified atom stereocenters. The summed E-state index contributed by atoms with van der Waals surface area (Å²) in [5.74, 6) is 4.77. The number of carbonyl (C=O) groups is 3. The molecule has 2 amide bonds. The first-order chi connectivity index (χ1) is 20.9. The second-order valence-electron chi connectivity index (χ2n) is 12.6. The highest BCUT2D eigenvalue weighted by atomic mass is 35.5. The number of nitrogens with two attached hydrogens (primary N) is 2. The van der Waals surface area contributed by atoms with Crippen LogP contribution >= 0.6 is 11.6 Å². The molecule has 0 bridgehead atoms. The van der Waals surface area contributed by atoms with Gasteiger partial charge in [0.2, 0.25) is 11.8 Å². The average molecular weight is 636 g/mol. The van der Waals surface area contributed by atoms with Crippen LogP contribution in [0.1, 0.15) is 71.6 Å². The summed E-state index contributed by atoms with van der Waals surface area (Å²) in [5, 5.41) is 11.6. The molecule has 1 saturated heterocycles. The first kappa shape index (κ1) is 33.8. The lowest BCUT2D eigenvalue weighted by molar-refractivity contribution is -0.162. The van der Waals surface area contributed by atoms with Crippen molar-refractivity contribution in [2.45, 2.75) is 89.9 Å². The van der Waals surface area contributed by atoms with Gasteiger partial charge in [-0.3, -0.25) is 14.4 Å². The van der Waals surface area contributed by atoms with Gasteiger partial charge in [-0.2, -0.15) is 0 Å². The maximum atomic E-state index is 14.7. The molecule has 244 valence electrons. The van der Waals surface area contributed by atoms with Crippen LogP contribution in [0, 0.1) is 11.3 Å². The molecule has 2 heterocycles. The third-order valence-electron chi connectivity index (χ3n) is 9.59. The van der Waals surface area contributed by atoms with Gasteiger partial charge >= 0.3 is 5.97 Å². The Morgan fingerprint density at radius 1 is 1.25 bits per heavy atom. The van der Waals surface area contributed by atoms with Crippen molar-refractivity contribution in [1.82, 2.24) is 14.8 Å². The lowest BCUT2D eigenvalue weighted by Crippen LogP contribution is -2.56. The monoisotopic (exact) mass is 635 g/mol. The largest absolute Gasteiger partial charge is 0.487 e. The number of rotatable bonds is 13. The van der Waals surface area contributed by atoms with E-state index in [2.05, 4.69) is 6.58 Å². The highest BCUT2D eigenvalue weighted by Gasteiger charge is 2.50. The van der Waals surface area contributed by atoms with Crippen LogP contribution in [0.15, 0.2) is 47.0 Å². The number of ether oxygens (including phenoxy) is 1. The van der Waals surface area contributed by atoms with Gasteiger partial charge < -0.3 is 30.4 Å². The molecule has 4 aliphatic rings. The van der Waals surface area contributed by atoms with E-state index in [1.165, 1.54) is 11.9 Å². The van der Waals surface area contributed by atoms with Crippen molar-refractivity contribution in [3.63, 3.8) is 0 Å². The molecular formula is C32H47ClFN5O5. The number of aliphatic carboxylic acids is 1. The van der Waals surface area contributed by atoms with E-state index < -0.39 is 29.5 Å². The van der Waals surface area contributed by atoms with E-state index in [1.54, 1.807) is 28.9 Å². The Kier molecular flexibility index (Phi) is 11.0. The molecule has 44 heavy (non-hydrogen) atoms. The van der Waals surface area contributed by atoms with Crippen LogP contribution in [0.25, 0.3) is 0 Å². The molecule has 5 N–H and O–H groups in total. The Bertz CT molecular complexity index is 1230. The van der Waals surface area contributed by atoms with Gasteiger partial charge in [0.1, 0.15) is 18.5 Å². The first-order valence-corrected chi connectivity index (χ1v) is 16.2. The molecule has 2 aliphatic heterocycles. The molecule has 10 nitrogen and oxygen atoms in total. The number of hydrogen-bond acceptors (Lipinski definition) is 7. The van der Waals surface area contributed by atoms with Crippen molar-refractivity contribution in [1.29, 1.82) is 0 Å². The SMILES string of the molecule is C=C/C=C(/OC/C(N)=C(\C(C)F)N(N)C1CC1)C1=C(CCl)CCN(C(=O)C2CCCC[C@]2(C)C(=O)O)C1CN1CCCC1=O. The second kappa shape index (κ2) is 14.4. The number of hydrazine groups is 1. The highest BCUT2D eigenvalue weighted by molar-refractivity contribution is 6.19. The lowest BCUT2D eigenvalue weighted by atomic mass is 9.66. The number of carbonyl (C=O) groups excluding carboxylic acids is 2. The van der Waals surface area contributed by atoms with Crippen molar-refractivity contribution in [3.05, 3.63) is 47.0 Å². The van der Waals surface area contributed by atoms with E-state index in [9.17, 15) is 23.9 Å². The third kappa shape index (κ3) is 7.09. The quantitative estimate of drug-likeness (QED) is 0.0907. The normalized spacial score (nSPS) is 27.7. The van der Waals surface area contributed by atoms with Crippen LogP contribution in [0.3, 0.4) is 0 Å². The van der Waals surface area contributed by atoms with Gasteiger partial charge in [-0.05, 0) is 64.0 Å². The summed E-state index contributed by atoms with van der Waals surface area (Å²) in [6.07, 6.45) is 7.50. The predicted molar refractivity (Wildman–Crippen MR) is 166 cm³/mol. The summed E-state index contributed by atoms with van der Waals surface area (Å²) >= 11 is 6.50. The zero-order chi connectivity index (χ0) is 32.2.